The van der Waals surface area contributed by atoms with Gasteiger partial charge in [0.15, 0.2) is 0 Å². The number of hydrogen-bond donors (Lipinski definition) is 0. The molecular formula is C28H42O5. The summed E-state index contributed by atoms with van der Waals surface area (Å²) in [5.74, 6) is 0.383. The van der Waals surface area contributed by atoms with Crippen molar-refractivity contribution in [3.63, 3.8) is 0 Å². The number of fused-ring (bicyclic) bond motifs is 4. The summed E-state index contributed by atoms with van der Waals surface area (Å²) in [4.78, 5) is 25.2. The van der Waals surface area contributed by atoms with Gasteiger partial charge in [-0.15, -0.1) is 0 Å². The molecule has 0 aliphatic heterocycles. The minimum absolute atomic E-state index is 0.0113. The van der Waals surface area contributed by atoms with Gasteiger partial charge in [0.2, 0.25) is 0 Å². The highest BCUT2D eigenvalue weighted by Crippen LogP contribution is 2.67. The van der Waals surface area contributed by atoms with Gasteiger partial charge >= 0.3 is 11.9 Å². The molecule has 4 rings (SSSR count). The highest BCUT2D eigenvalue weighted by atomic mass is 16.6. The number of carbonyl (C=O) groups is 2. The van der Waals surface area contributed by atoms with E-state index in [1.54, 1.807) is 0 Å². The van der Waals surface area contributed by atoms with Crippen LogP contribution < -0.4 is 0 Å². The van der Waals surface area contributed by atoms with E-state index in [1.807, 2.05) is 0 Å². The van der Waals surface area contributed by atoms with Gasteiger partial charge < -0.3 is 14.2 Å². The van der Waals surface area contributed by atoms with E-state index in [-0.39, 0.29) is 58.2 Å². The Morgan fingerprint density at radius 2 is 1.09 bits per heavy atom. The fourth-order valence-electron chi connectivity index (χ4n) is 7.46. The van der Waals surface area contributed by atoms with Crippen LogP contribution in [0.15, 0.2) is 24.3 Å². The maximum atomic E-state index is 12.6. The number of hydrogen-bond acceptors (Lipinski definition) is 5. The molecule has 184 valence electrons. The van der Waals surface area contributed by atoms with E-state index in [0.717, 1.165) is 25.7 Å². The molecule has 6 atom stereocenters. The van der Waals surface area contributed by atoms with E-state index in [0.29, 0.717) is 11.8 Å². The van der Waals surface area contributed by atoms with Gasteiger partial charge in [-0.2, -0.15) is 0 Å². The van der Waals surface area contributed by atoms with E-state index >= 15 is 0 Å². The summed E-state index contributed by atoms with van der Waals surface area (Å²) in [6.07, 6.45) is 6.28. The minimum atomic E-state index is -0.407. The van der Waals surface area contributed by atoms with E-state index in [9.17, 15) is 9.59 Å². The number of esters is 2. The lowest BCUT2D eigenvalue weighted by Crippen LogP contribution is -2.39. The van der Waals surface area contributed by atoms with Crippen molar-refractivity contribution >= 4 is 11.9 Å². The van der Waals surface area contributed by atoms with Gasteiger partial charge in [0, 0.05) is 10.8 Å². The molecule has 0 aromatic heterocycles. The maximum absolute atomic E-state index is 12.6. The average molecular weight is 459 g/mol. The number of rotatable bonds is 8. The second-order valence-corrected chi connectivity index (χ2v) is 12.7. The molecule has 5 heteroatoms. The third-order valence-corrected chi connectivity index (χ3v) is 11.1. The SMILES string of the molecule is C=C(COCC(=C)C(=O)OC1CC2CCC1(C)C2(C)C)C(=O)OC1CC2CCC1(C)C2(C)C. The molecule has 0 amide bonds. The molecule has 4 aliphatic rings. The van der Waals surface area contributed by atoms with Crippen LogP contribution in [0.1, 0.15) is 80.1 Å². The van der Waals surface area contributed by atoms with Crippen molar-refractivity contribution in [3.05, 3.63) is 24.3 Å². The predicted molar refractivity (Wildman–Crippen MR) is 127 cm³/mol. The first-order chi connectivity index (χ1) is 15.2. The molecule has 0 N–H and O–H groups in total. The fourth-order valence-corrected chi connectivity index (χ4v) is 7.46. The van der Waals surface area contributed by atoms with Crippen LogP contribution in [-0.4, -0.2) is 37.4 Å². The normalized spacial score (nSPS) is 39.5. The van der Waals surface area contributed by atoms with E-state index in [4.69, 9.17) is 14.2 Å². The molecule has 6 unspecified atom stereocenters. The topological polar surface area (TPSA) is 61.8 Å². The Kier molecular flexibility index (Phi) is 5.91. The summed E-state index contributed by atoms with van der Waals surface area (Å²) in [6, 6.07) is 0. The lowest BCUT2D eigenvalue weighted by molar-refractivity contribution is -0.152. The van der Waals surface area contributed by atoms with Crippen molar-refractivity contribution in [3.8, 4) is 0 Å². The zero-order chi connectivity index (χ0) is 24.4. The lowest BCUT2D eigenvalue weighted by atomic mass is 9.70. The molecule has 0 spiro atoms. The molecule has 4 bridgehead atoms. The van der Waals surface area contributed by atoms with E-state index in [1.165, 1.54) is 12.8 Å². The Balaban J connectivity index is 1.21. The summed E-state index contributed by atoms with van der Waals surface area (Å²) in [7, 11) is 0. The molecule has 33 heavy (non-hydrogen) atoms. The van der Waals surface area contributed by atoms with Crippen molar-refractivity contribution < 1.29 is 23.8 Å². The van der Waals surface area contributed by atoms with Gasteiger partial charge in [-0.25, -0.2) is 9.59 Å². The minimum Gasteiger partial charge on any atom is -0.458 e. The molecule has 0 heterocycles. The Bertz CT molecular complexity index is 800. The van der Waals surface area contributed by atoms with Crippen LogP contribution in [-0.2, 0) is 23.8 Å². The first-order valence-electron chi connectivity index (χ1n) is 12.6. The van der Waals surface area contributed by atoms with Crippen molar-refractivity contribution in [1.29, 1.82) is 0 Å². The Morgan fingerprint density at radius 3 is 1.36 bits per heavy atom. The third kappa shape index (κ3) is 3.61. The number of ether oxygens (including phenoxy) is 3. The molecule has 4 saturated carbocycles. The van der Waals surface area contributed by atoms with E-state index in [2.05, 4.69) is 54.7 Å². The second-order valence-electron chi connectivity index (χ2n) is 12.7. The van der Waals surface area contributed by atoms with Crippen molar-refractivity contribution in [1.82, 2.24) is 0 Å². The standard InChI is InChI=1S/C28H42O5/c1-17(23(29)32-21-13-19-9-11-27(21,7)25(19,3)4)15-31-16-18(2)24(30)33-22-14-20-10-12-28(22,8)26(20,5)6/h19-22H,1-2,9-16H2,3-8H3. The highest BCUT2D eigenvalue weighted by Gasteiger charge is 2.64. The largest absolute Gasteiger partial charge is 0.458 e. The van der Waals surface area contributed by atoms with E-state index < -0.39 is 11.9 Å². The maximum Gasteiger partial charge on any atom is 0.336 e. The third-order valence-electron chi connectivity index (χ3n) is 11.1. The van der Waals surface area contributed by atoms with Crippen molar-refractivity contribution in [2.24, 2.45) is 33.5 Å². The first kappa shape index (κ1) is 24.5. The van der Waals surface area contributed by atoms with Crippen LogP contribution in [0.25, 0.3) is 0 Å². The summed E-state index contributed by atoms with van der Waals surface area (Å²) >= 11 is 0. The molecule has 4 aliphatic carbocycles. The van der Waals surface area contributed by atoms with Crippen molar-refractivity contribution in [2.45, 2.75) is 92.3 Å². The lowest BCUT2D eigenvalue weighted by Gasteiger charge is -2.38. The molecule has 5 nitrogen and oxygen atoms in total. The van der Waals surface area contributed by atoms with Gasteiger partial charge in [0.25, 0.3) is 0 Å². The quantitative estimate of drug-likeness (QED) is 0.348. The summed E-state index contributed by atoms with van der Waals surface area (Å²) in [5.41, 5.74) is 0.915. The highest BCUT2D eigenvalue weighted by molar-refractivity contribution is 5.89. The van der Waals surface area contributed by atoms with Gasteiger partial charge in [0.1, 0.15) is 12.2 Å². The molecule has 4 fully saturated rings. The van der Waals surface area contributed by atoms with Crippen LogP contribution in [0, 0.1) is 33.5 Å². The van der Waals surface area contributed by atoms with Gasteiger partial charge in [-0.05, 0) is 61.2 Å². The van der Waals surface area contributed by atoms with Crippen LogP contribution in [0.3, 0.4) is 0 Å². The fraction of sp³-hybridized carbons (Fsp3) is 0.786. The van der Waals surface area contributed by atoms with Gasteiger partial charge in [-0.3, -0.25) is 0 Å². The molecule has 0 aromatic carbocycles. The van der Waals surface area contributed by atoms with Gasteiger partial charge in [-0.1, -0.05) is 54.7 Å². The first-order valence-corrected chi connectivity index (χ1v) is 12.6. The summed E-state index contributed by atoms with van der Waals surface area (Å²) < 4.78 is 17.3. The van der Waals surface area contributed by atoms with Crippen LogP contribution in [0.2, 0.25) is 0 Å². The Morgan fingerprint density at radius 1 is 0.727 bits per heavy atom. The van der Waals surface area contributed by atoms with Crippen LogP contribution in [0.5, 0.6) is 0 Å². The zero-order valence-electron chi connectivity index (χ0n) is 21.4. The Hall–Kier alpha value is -1.62. The van der Waals surface area contributed by atoms with Crippen LogP contribution >= 0.6 is 0 Å². The second kappa shape index (κ2) is 7.96. The molecule has 0 radical (unpaired) electrons. The van der Waals surface area contributed by atoms with Gasteiger partial charge in [0.05, 0.1) is 24.4 Å². The zero-order valence-corrected chi connectivity index (χ0v) is 21.4. The summed E-state index contributed by atoms with van der Waals surface area (Å²) in [6.45, 7) is 21.4. The number of carbonyl (C=O) groups excluding carboxylic acids is 2. The summed E-state index contributed by atoms with van der Waals surface area (Å²) in [5, 5.41) is 0. The average Bonchev–Trinajstić information content (AvgIpc) is 3.25. The smallest absolute Gasteiger partial charge is 0.336 e. The predicted octanol–water partition coefficient (Wildman–Crippen LogP) is 5.63. The molecule has 0 saturated heterocycles. The molecule has 0 aromatic rings. The monoisotopic (exact) mass is 458 g/mol. The molecular weight excluding hydrogens is 416 g/mol. The van der Waals surface area contributed by atoms with Crippen molar-refractivity contribution in [2.75, 3.05) is 13.2 Å². The Labute approximate surface area is 199 Å². The van der Waals surface area contributed by atoms with Crippen LogP contribution in [0.4, 0.5) is 0 Å².